The Hall–Kier alpha value is -3.19. The van der Waals surface area contributed by atoms with Crippen LogP contribution in [0.3, 0.4) is 0 Å². The summed E-state index contributed by atoms with van der Waals surface area (Å²) in [6.45, 7) is 6.79. The Kier molecular flexibility index (Phi) is 5.93. The van der Waals surface area contributed by atoms with Gasteiger partial charge in [-0.2, -0.15) is 4.98 Å². The largest absolute Gasteiger partial charge is 0.463 e. The lowest BCUT2D eigenvalue weighted by atomic mass is 10.1. The summed E-state index contributed by atoms with van der Waals surface area (Å²) >= 11 is 0. The van der Waals surface area contributed by atoms with Crippen molar-refractivity contribution in [3.63, 3.8) is 0 Å². The van der Waals surface area contributed by atoms with Gasteiger partial charge in [-0.3, -0.25) is 9.88 Å². The van der Waals surface area contributed by atoms with E-state index in [4.69, 9.17) is 4.74 Å². The molecule has 1 fully saturated rings. The predicted octanol–water partition coefficient (Wildman–Crippen LogP) is 3.44. The van der Waals surface area contributed by atoms with Gasteiger partial charge in [0.15, 0.2) is 0 Å². The average molecular weight is 417 g/mol. The van der Waals surface area contributed by atoms with Crippen LogP contribution in [0.4, 0.5) is 11.5 Å². The molecule has 4 heterocycles. The minimum absolute atomic E-state index is 0.457. The molecule has 0 amide bonds. The fraction of sp³-hybridized carbons (Fsp3) is 0.375. The number of rotatable bonds is 7. The van der Waals surface area contributed by atoms with Crippen molar-refractivity contribution >= 4 is 28.5 Å². The van der Waals surface area contributed by atoms with Gasteiger partial charge in [-0.05, 0) is 31.5 Å². The van der Waals surface area contributed by atoms with E-state index in [0.29, 0.717) is 12.6 Å². The van der Waals surface area contributed by atoms with Gasteiger partial charge in [-0.25, -0.2) is 4.98 Å². The topological polar surface area (TPSA) is 66.4 Å². The molecule has 3 aromatic rings. The van der Waals surface area contributed by atoms with Crippen LogP contribution in [0.15, 0.2) is 48.8 Å². The first-order valence-electron chi connectivity index (χ1n) is 11.1. The second-order valence-electron chi connectivity index (χ2n) is 7.98. The molecule has 7 heteroatoms. The van der Waals surface area contributed by atoms with Crippen LogP contribution >= 0.6 is 0 Å². The molecule has 0 saturated carbocycles. The maximum Gasteiger partial charge on any atom is 0.318 e. The molecule has 31 heavy (non-hydrogen) atoms. The number of fused-ring (bicyclic) bond motifs is 2. The Morgan fingerprint density at radius 1 is 1.00 bits per heavy atom. The van der Waals surface area contributed by atoms with Crippen molar-refractivity contribution in [2.45, 2.75) is 12.8 Å². The van der Waals surface area contributed by atoms with Crippen molar-refractivity contribution in [2.75, 3.05) is 56.1 Å². The summed E-state index contributed by atoms with van der Waals surface area (Å²) in [6, 6.07) is 11.0. The molecule has 0 unspecified atom stereocenters. The van der Waals surface area contributed by atoms with Crippen molar-refractivity contribution < 1.29 is 4.74 Å². The third-order valence-corrected chi connectivity index (χ3v) is 5.90. The number of pyridine rings is 1. The van der Waals surface area contributed by atoms with E-state index in [9.17, 15) is 0 Å². The van der Waals surface area contributed by atoms with E-state index in [1.165, 1.54) is 11.1 Å². The molecule has 0 atom stereocenters. The highest BCUT2D eigenvalue weighted by Crippen LogP contribution is 2.25. The average Bonchev–Trinajstić information content (AvgIpc) is 2.84. The highest BCUT2D eigenvalue weighted by Gasteiger charge is 2.18. The number of hydrogen-bond acceptors (Lipinski definition) is 7. The van der Waals surface area contributed by atoms with Crippen LogP contribution in [0.2, 0.25) is 0 Å². The van der Waals surface area contributed by atoms with E-state index in [1.807, 2.05) is 24.5 Å². The van der Waals surface area contributed by atoms with Crippen molar-refractivity contribution in [2.24, 2.45) is 0 Å². The normalized spacial score (nSPS) is 16.2. The number of ether oxygens (including phenoxy) is 1. The lowest BCUT2D eigenvalue weighted by Gasteiger charge is -2.36. The minimum Gasteiger partial charge on any atom is -0.463 e. The molecular weight excluding hydrogens is 388 g/mol. The zero-order chi connectivity index (χ0) is 20.9. The SMILES string of the molecule is C1=Cc2cnc(OCCCCN3CCN(c4cccc5cccnc45)CC3)nc2NC1. The van der Waals surface area contributed by atoms with E-state index in [1.54, 1.807) is 0 Å². The highest BCUT2D eigenvalue weighted by atomic mass is 16.5. The summed E-state index contributed by atoms with van der Waals surface area (Å²) in [6.07, 6.45) is 9.90. The van der Waals surface area contributed by atoms with Crippen LogP contribution in [-0.4, -0.2) is 65.7 Å². The standard InChI is InChI=1S/C24H28N6O/c1(2-17-31-24-27-18-20-8-5-11-26-23(20)28-24)12-29-13-15-30(16-14-29)21-9-3-6-19-7-4-10-25-22(19)21/h3-10,18H,1-2,11-17H2,(H,26,27,28). The number of para-hydroxylation sites is 1. The fourth-order valence-electron chi connectivity index (χ4n) is 4.21. The quantitative estimate of drug-likeness (QED) is 0.592. The molecule has 0 bridgehead atoms. The molecule has 2 aliphatic heterocycles. The lowest BCUT2D eigenvalue weighted by molar-refractivity contribution is 0.234. The molecule has 1 saturated heterocycles. The Balaban J connectivity index is 1.05. The zero-order valence-electron chi connectivity index (χ0n) is 17.7. The van der Waals surface area contributed by atoms with E-state index < -0.39 is 0 Å². The lowest BCUT2D eigenvalue weighted by Crippen LogP contribution is -2.46. The van der Waals surface area contributed by atoms with E-state index in [0.717, 1.165) is 69.0 Å². The second-order valence-corrected chi connectivity index (χ2v) is 7.98. The molecule has 2 aromatic heterocycles. The maximum absolute atomic E-state index is 5.76. The van der Waals surface area contributed by atoms with Crippen LogP contribution < -0.4 is 15.0 Å². The van der Waals surface area contributed by atoms with Crippen molar-refractivity contribution in [3.8, 4) is 6.01 Å². The molecular formula is C24H28N6O. The number of hydrogen-bond donors (Lipinski definition) is 1. The van der Waals surface area contributed by atoms with Crippen LogP contribution in [-0.2, 0) is 0 Å². The molecule has 0 spiro atoms. The Bertz CT molecular complexity index is 1060. The molecule has 1 N–H and O–H groups in total. The van der Waals surface area contributed by atoms with Crippen molar-refractivity contribution in [1.82, 2.24) is 19.9 Å². The van der Waals surface area contributed by atoms with Crippen molar-refractivity contribution in [1.29, 1.82) is 0 Å². The summed E-state index contributed by atoms with van der Waals surface area (Å²) in [4.78, 5) is 18.3. The van der Waals surface area contributed by atoms with Crippen LogP contribution in [0.25, 0.3) is 17.0 Å². The van der Waals surface area contributed by atoms with Crippen LogP contribution in [0.5, 0.6) is 6.01 Å². The molecule has 0 aliphatic carbocycles. The van der Waals surface area contributed by atoms with Gasteiger partial charge in [0.2, 0.25) is 0 Å². The van der Waals surface area contributed by atoms with Crippen LogP contribution in [0.1, 0.15) is 18.4 Å². The number of benzene rings is 1. The van der Waals surface area contributed by atoms with Crippen LogP contribution in [0, 0.1) is 0 Å². The number of unbranched alkanes of at least 4 members (excludes halogenated alkanes) is 1. The highest BCUT2D eigenvalue weighted by molar-refractivity contribution is 5.90. The molecule has 2 aliphatic rings. The first kappa shape index (κ1) is 19.8. The molecule has 1 aromatic carbocycles. The smallest absolute Gasteiger partial charge is 0.318 e. The fourth-order valence-corrected chi connectivity index (χ4v) is 4.21. The van der Waals surface area contributed by atoms with Gasteiger partial charge in [0.05, 0.1) is 17.8 Å². The first-order chi connectivity index (χ1) is 15.4. The summed E-state index contributed by atoms with van der Waals surface area (Å²) in [5.74, 6) is 0.853. The molecule has 0 radical (unpaired) electrons. The van der Waals surface area contributed by atoms with Gasteiger partial charge in [0.1, 0.15) is 5.82 Å². The van der Waals surface area contributed by atoms with Gasteiger partial charge in [0.25, 0.3) is 0 Å². The molecule has 160 valence electrons. The Morgan fingerprint density at radius 2 is 1.90 bits per heavy atom. The second kappa shape index (κ2) is 9.31. The van der Waals surface area contributed by atoms with E-state index >= 15 is 0 Å². The number of anilines is 2. The van der Waals surface area contributed by atoms with Gasteiger partial charge >= 0.3 is 6.01 Å². The van der Waals surface area contributed by atoms with E-state index in [2.05, 4.69) is 60.4 Å². The van der Waals surface area contributed by atoms with Crippen molar-refractivity contribution in [3.05, 3.63) is 54.4 Å². The van der Waals surface area contributed by atoms with Gasteiger partial charge < -0.3 is 15.0 Å². The van der Waals surface area contributed by atoms with E-state index in [-0.39, 0.29) is 0 Å². The summed E-state index contributed by atoms with van der Waals surface area (Å²) in [5, 5.41) is 4.45. The monoisotopic (exact) mass is 416 g/mol. The van der Waals surface area contributed by atoms with Gasteiger partial charge in [-0.15, -0.1) is 0 Å². The maximum atomic E-state index is 5.76. The summed E-state index contributed by atoms with van der Waals surface area (Å²) in [5.41, 5.74) is 3.37. The number of aromatic nitrogens is 3. The van der Waals surface area contributed by atoms with Gasteiger partial charge in [0, 0.05) is 56.1 Å². The predicted molar refractivity (Wildman–Crippen MR) is 125 cm³/mol. The number of nitrogens with one attached hydrogen (secondary N) is 1. The van der Waals surface area contributed by atoms with Gasteiger partial charge in [-0.1, -0.05) is 30.4 Å². The summed E-state index contributed by atoms with van der Waals surface area (Å²) in [7, 11) is 0. The molecule has 7 nitrogen and oxygen atoms in total. The number of nitrogens with zero attached hydrogens (tertiary/aromatic N) is 5. The third kappa shape index (κ3) is 4.61. The third-order valence-electron chi connectivity index (χ3n) is 5.90. The zero-order valence-corrected chi connectivity index (χ0v) is 17.7. The Morgan fingerprint density at radius 3 is 2.84 bits per heavy atom. The summed E-state index contributed by atoms with van der Waals surface area (Å²) < 4.78 is 5.76. The number of piperazine rings is 1. The minimum atomic E-state index is 0.457. The Labute approximate surface area is 182 Å². The first-order valence-corrected chi connectivity index (χ1v) is 11.1. The molecule has 5 rings (SSSR count).